The molecule has 164 valence electrons. The summed E-state index contributed by atoms with van der Waals surface area (Å²) in [5.74, 6) is -1.24. The first-order valence-electron chi connectivity index (χ1n) is 10.0. The summed E-state index contributed by atoms with van der Waals surface area (Å²) in [6.07, 6.45) is 1.61. The number of halogens is 3. The van der Waals surface area contributed by atoms with Crippen molar-refractivity contribution in [2.45, 2.75) is 25.1 Å². The average Bonchev–Trinajstić information content (AvgIpc) is 3.31. The summed E-state index contributed by atoms with van der Waals surface area (Å²) in [4.78, 5) is 17.1. The summed E-state index contributed by atoms with van der Waals surface area (Å²) in [6.45, 7) is 0. The zero-order valence-electron chi connectivity index (χ0n) is 16.6. The Morgan fingerprint density at radius 3 is 2.66 bits per heavy atom. The van der Waals surface area contributed by atoms with Gasteiger partial charge in [0.25, 0.3) is 5.91 Å². The van der Waals surface area contributed by atoms with E-state index in [9.17, 15) is 18.0 Å². The predicted octanol–water partition coefficient (Wildman–Crippen LogP) is 5.27. The Labute approximate surface area is 185 Å². The molecule has 1 aromatic carbocycles. The van der Waals surface area contributed by atoms with Gasteiger partial charge >= 0.3 is 6.18 Å². The SMILES string of the molecule is O=C(N[C@@H](C1CC1)C(F)(F)F)c1cc(-c2cnn3cc(Nc4ccccc4)cnc23)cs1. The van der Waals surface area contributed by atoms with Gasteiger partial charge in [-0.05, 0) is 47.9 Å². The topological polar surface area (TPSA) is 71.3 Å². The van der Waals surface area contributed by atoms with Crippen molar-refractivity contribution in [3.05, 3.63) is 65.2 Å². The number of rotatable bonds is 6. The summed E-state index contributed by atoms with van der Waals surface area (Å²) in [5.41, 5.74) is 3.63. The van der Waals surface area contributed by atoms with Gasteiger partial charge in [0.15, 0.2) is 5.65 Å². The van der Waals surface area contributed by atoms with E-state index in [-0.39, 0.29) is 4.88 Å². The number of para-hydroxylation sites is 1. The molecule has 1 aliphatic rings. The van der Waals surface area contributed by atoms with Crippen LogP contribution in [0.3, 0.4) is 0 Å². The fraction of sp³-hybridized carbons (Fsp3) is 0.227. The number of carbonyl (C=O) groups excluding carboxylic acids is 1. The molecule has 1 aliphatic carbocycles. The number of fused-ring (bicyclic) bond motifs is 1. The van der Waals surface area contributed by atoms with Gasteiger partial charge in [-0.3, -0.25) is 4.79 Å². The Kier molecular flexibility index (Phi) is 5.09. The molecule has 1 fully saturated rings. The second-order valence-electron chi connectivity index (χ2n) is 7.69. The summed E-state index contributed by atoms with van der Waals surface area (Å²) < 4.78 is 41.3. The highest BCUT2D eigenvalue weighted by Crippen LogP contribution is 2.40. The Morgan fingerprint density at radius 2 is 1.94 bits per heavy atom. The fourth-order valence-electron chi connectivity index (χ4n) is 3.54. The van der Waals surface area contributed by atoms with E-state index in [2.05, 4.69) is 20.7 Å². The average molecular weight is 457 g/mol. The van der Waals surface area contributed by atoms with Crippen LogP contribution in [-0.4, -0.2) is 32.7 Å². The third kappa shape index (κ3) is 4.18. The van der Waals surface area contributed by atoms with E-state index in [1.165, 1.54) is 0 Å². The van der Waals surface area contributed by atoms with Crippen LogP contribution in [0.2, 0.25) is 0 Å². The van der Waals surface area contributed by atoms with E-state index in [0.29, 0.717) is 29.6 Å². The number of thiophene rings is 1. The lowest BCUT2D eigenvalue weighted by atomic mass is 10.1. The Balaban J connectivity index is 1.35. The quantitative estimate of drug-likeness (QED) is 0.414. The third-order valence-electron chi connectivity index (χ3n) is 5.29. The Morgan fingerprint density at radius 1 is 1.16 bits per heavy atom. The van der Waals surface area contributed by atoms with Gasteiger partial charge in [0.1, 0.15) is 6.04 Å². The van der Waals surface area contributed by atoms with Gasteiger partial charge < -0.3 is 10.6 Å². The molecule has 1 amide bonds. The van der Waals surface area contributed by atoms with E-state index in [4.69, 9.17) is 0 Å². The maximum Gasteiger partial charge on any atom is 0.408 e. The van der Waals surface area contributed by atoms with Crippen LogP contribution in [0.1, 0.15) is 22.5 Å². The van der Waals surface area contributed by atoms with Crippen LogP contribution in [0.5, 0.6) is 0 Å². The lowest BCUT2D eigenvalue weighted by Crippen LogP contribution is -2.46. The van der Waals surface area contributed by atoms with Gasteiger partial charge in [-0.25, -0.2) is 9.50 Å². The number of aromatic nitrogens is 3. The van der Waals surface area contributed by atoms with Crippen molar-refractivity contribution in [1.29, 1.82) is 0 Å². The van der Waals surface area contributed by atoms with Gasteiger partial charge in [-0.2, -0.15) is 18.3 Å². The van der Waals surface area contributed by atoms with Crippen LogP contribution in [0.15, 0.2) is 60.4 Å². The Hall–Kier alpha value is -3.40. The maximum atomic E-state index is 13.2. The fourth-order valence-corrected chi connectivity index (χ4v) is 4.35. The molecule has 3 heterocycles. The second kappa shape index (κ2) is 7.94. The third-order valence-corrected chi connectivity index (χ3v) is 6.21. The second-order valence-corrected chi connectivity index (χ2v) is 8.60. The largest absolute Gasteiger partial charge is 0.408 e. The molecule has 0 bridgehead atoms. The van der Waals surface area contributed by atoms with Crippen LogP contribution < -0.4 is 10.6 Å². The molecule has 0 radical (unpaired) electrons. The highest BCUT2D eigenvalue weighted by molar-refractivity contribution is 7.12. The molecule has 1 atom stereocenters. The van der Waals surface area contributed by atoms with Crippen LogP contribution in [0, 0.1) is 5.92 Å². The van der Waals surface area contributed by atoms with E-state index < -0.39 is 24.0 Å². The van der Waals surface area contributed by atoms with Crippen molar-refractivity contribution in [3.63, 3.8) is 0 Å². The first-order chi connectivity index (χ1) is 15.4. The molecular weight excluding hydrogens is 439 g/mol. The smallest absolute Gasteiger partial charge is 0.353 e. The van der Waals surface area contributed by atoms with Crippen LogP contribution >= 0.6 is 11.3 Å². The van der Waals surface area contributed by atoms with Crippen molar-refractivity contribution in [3.8, 4) is 11.1 Å². The van der Waals surface area contributed by atoms with Gasteiger partial charge in [0, 0.05) is 11.3 Å². The highest BCUT2D eigenvalue weighted by Gasteiger charge is 2.49. The lowest BCUT2D eigenvalue weighted by Gasteiger charge is -2.20. The molecule has 0 saturated heterocycles. The van der Waals surface area contributed by atoms with E-state index in [1.807, 2.05) is 30.3 Å². The van der Waals surface area contributed by atoms with Crippen molar-refractivity contribution in [2.75, 3.05) is 5.32 Å². The number of anilines is 2. The molecule has 2 N–H and O–H groups in total. The number of nitrogens with one attached hydrogen (secondary N) is 2. The van der Waals surface area contributed by atoms with Gasteiger partial charge in [0.2, 0.25) is 0 Å². The first-order valence-corrected chi connectivity index (χ1v) is 10.9. The minimum absolute atomic E-state index is 0.219. The number of benzene rings is 1. The first kappa shape index (κ1) is 20.5. The van der Waals surface area contributed by atoms with Crippen molar-refractivity contribution >= 4 is 34.3 Å². The number of carbonyl (C=O) groups is 1. The van der Waals surface area contributed by atoms with Crippen molar-refractivity contribution in [2.24, 2.45) is 5.92 Å². The minimum Gasteiger partial charge on any atom is -0.353 e. The number of hydrogen-bond acceptors (Lipinski definition) is 5. The number of nitrogens with zero attached hydrogens (tertiary/aromatic N) is 3. The van der Waals surface area contributed by atoms with Crippen LogP contribution in [0.4, 0.5) is 24.5 Å². The standard InChI is InChI=1S/C22H18F3N5OS/c23-22(24,25)19(13-6-7-13)29-21(31)18-8-14(12-32-18)17-10-27-30-11-16(9-26-20(17)30)28-15-4-2-1-3-5-15/h1-5,8-13,19,28H,6-7H2,(H,29,31)/t19-/m0/s1. The molecule has 32 heavy (non-hydrogen) atoms. The summed E-state index contributed by atoms with van der Waals surface area (Å²) in [7, 11) is 0. The molecule has 0 unspecified atom stereocenters. The van der Waals surface area contributed by atoms with Crippen molar-refractivity contribution in [1.82, 2.24) is 19.9 Å². The summed E-state index contributed by atoms with van der Waals surface area (Å²) in [6, 6.07) is 9.42. The zero-order chi connectivity index (χ0) is 22.3. The highest BCUT2D eigenvalue weighted by atomic mass is 32.1. The molecule has 4 aromatic rings. The molecule has 6 nitrogen and oxygen atoms in total. The van der Waals surface area contributed by atoms with Crippen molar-refractivity contribution < 1.29 is 18.0 Å². The summed E-state index contributed by atoms with van der Waals surface area (Å²) >= 11 is 1.10. The molecule has 5 rings (SSSR count). The van der Waals surface area contributed by atoms with Crippen LogP contribution in [-0.2, 0) is 0 Å². The monoisotopic (exact) mass is 457 g/mol. The number of alkyl halides is 3. The molecule has 1 saturated carbocycles. The maximum absolute atomic E-state index is 13.2. The number of hydrogen-bond donors (Lipinski definition) is 2. The molecule has 10 heteroatoms. The van der Waals surface area contributed by atoms with Gasteiger partial charge in [-0.1, -0.05) is 18.2 Å². The summed E-state index contributed by atoms with van der Waals surface area (Å²) in [5, 5.41) is 11.5. The van der Waals surface area contributed by atoms with E-state index >= 15 is 0 Å². The number of amides is 1. The zero-order valence-corrected chi connectivity index (χ0v) is 17.5. The van der Waals surface area contributed by atoms with E-state index in [1.54, 1.807) is 34.6 Å². The molecule has 0 aliphatic heterocycles. The van der Waals surface area contributed by atoms with Gasteiger partial charge in [-0.15, -0.1) is 11.3 Å². The molecule has 3 aromatic heterocycles. The minimum atomic E-state index is -4.45. The molecule has 0 spiro atoms. The van der Waals surface area contributed by atoms with Gasteiger partial charge in [0.05, 0.1) is 29.2 Å². The lowest BCUT2D eigenvalue weighted by molar-refractivity contribution is -0.158. The molecular formula is C22H18F3N5OS. The van der Waals surface area contributed by atoms with Crippen LogP contribution in [0.25, 0.3) is 16.8 Å². The van der Waals surface area contributed by atoms with E-state index in [0.717, 1.165) is 22.7 Å². The normalized spacial score (nSPS) is 15.0. The Bertz CT molecular complexity index is 1260. The predicted molar refractivity (Wildman–Crippen MR) is 116 cm³/mol.